The van der Waals surface area contributed by atoms with Gasteiger partial charge in [-0.3, -0.25) is 0 Å². The van der Waals surface area contributed by atoms with Crippen LogP contribution >= 0.6 is 0 Å². The largest absolute Gasteiger partial charge is 0.464 e. The molecule has 0 radical (unpaired) electrons. The van der Waals surface area contributed by atoms with E-state index in [9.17, 15) is 0 Å². The van der Waals surface area contributed by atoms with Crippen molar-refractivity contribution in [3.05, 3.63) is 35.3 Å². The minimum absolute atomic E-state index is 0.956. The SMILES string of the molecule is C/C=C\c1occ(CC)c1/C=C\C. The van der Waals surface area contributed by atoms with E-state index >= 15 is 0 Å². The Bertz CT molecular complexity index is 316. The van der Waals surface area contributed by atoms with Crippen LogP contribution in [0.25, 0.3) is 12.2 Å². The molecule has 0 saturated carbocycles. The van der Waals surface area contributed by atoms with Crippen molar-refractivity contribution in [1.29, 1.82) is 0 Å². The number of furan rings is 1. The summed E-state index contributed by atoms with van der Waals surface area (Å²) in [7, 11) is 0. The van der Waals surface area contributed by atoms with Crippen molar-refractivity contribution in [1.82, 2.24) is 0 Å². The topological polar surface area (TPSA) is 13.1 Å². The molecule has 0 unspecified atom stereocenters. The van der Waals surface area contributed by atoms with Crippen LogP contribution < -0.4 is 0 Å². The molecule has 1 aromatic heterocycles. The zero-order chi connectivity index (χ0) is 9.68. The monoisotopic (exact) mass is 176 g/mol. The molecule has 0 aliphatic rings. The van der Waals surface area contributed by atoms with E-state index in [4.69, 9.17) is 4.42 Å². The zero-order valence-corrected chi connectivity index (χ0v) is 8.50. The van der Waals surface area contributed by atoms with Crippen LogP contribution in [0.2, 0.25) is 0 Å². The average Bonchev–Trinajstić information content (AvgIpc) is 2.50. The van der Waals surface area contributed by atoms with Gasteiger partial charge in [0.2, 0.25) is 0 Å². The van der Waals surface area contributed by atoms with Crippen LogP contribution in [0.3, 0.4) is 0 Å². The third kappa shape index (κ3) is 2.11. The van der Waals surface area contributed by atoms with Crippen molar-refractivity contribution >= 4 is 12.2 Å². The van der Waals surface area contributed by atoms with E-state index in [1.165, 1.54) is 11.1 Å². The molecule has 0 spiro atoms. The van der Waals surface area contributed by atoms with Gasteiger partial charge in [-0.15, -0.1) is 0 Å². The van der Waals surface area contributed by atoms with Crippen molar-refractivity contribution in [2.24, 2.45) is 0 Å². The molecular weight excluding hydrogens is 160 g/mol. The van der Waals surface area contributed by atoms with Crippen LogP contribution in [0, 0.1) is 0 Å². The Kier molecular flexibility index (Phi) is 3.56. The van der Waals surface area contributed by atoms with Gasteiger partial charge in [-0.25, -0.2) is 0 Å². The molecule has 0 bridgehead atoms. The van der Waals surface area contributed by atoms with Crippen molar-refractivity contribution in [3.63, 3.8) is 0 Å². The zero-order valence-electron chi connectivity index (χ0n) is 8.50. The Morgan fingerprint density at radius 3 is 2.46 bits per heavy atom. The Labute approximate surface area is 79.8 Å². The highest BCUT2D eigenvalue weighted by Crippen LogP contribution is 2.21. The van der Waals surface area contributed by atoms with Crippen molar-refractivity contribution in [2.75, 3.05) is 0 Å². The van der Waals surface area contributed by atoms with Gasteiger partial charge in [0.25, 0.3) is 0 Å². The first-order valence-electron chi connectivity index (χ1n) is 4.69. The third-order valence-electron chi connectivity index (χ3n) is 1.97. The lowest BCUT2D eigenvalue weighted by Gasteiger charge is -1.93. The molecule has 13 heavy (non-hydrogen) atoms. The highest BCUT2D eigenvalue weighted by atomic mass is 16.3. The van der Waals surface area contributed by atoms with E-state index in [1.807, 2.05) is 38.3 Å². The molecule has 1 nitrogen and oxygen atoms in total. The third-order valence-corrected chi connectivity index (χ3v) is 1.97. The van der Waals surface area contributed by atoms with Gasteiger partial charge in [0.1, 0.15) is 5.76 Å². The molecule has 0 saturated heterocycles. The van der Waals surface area contributed by atoms with E-state index in [2.05, 4.69) is 13.0 Å². The van der Waals surface area contributed by atoms with Gasteiger partial charge in [0, 0.05) is 5.56 Å². The van der Waals surface area contributed by atoms with Crippen LogP contribution in [0.1, 0.15) is 37.7 Å². The van der Waals surface area contributed by atoms with Crippen molar-refractivity contribution in [3.8, 4) is 0 Å². The molecule has 0 fully saturated rings. The fourth-order valence-corrected chi connectivity index (χ4v) is 1.33. The normalized spacial score (nSPS) is 11.9. The van der Waals surface area contributed by atoms with Gasteiger partial charge in [0.05, 0.1) is 6.26 Å². The highest BCUT2D eigenvalue weighted by Gasteiger charge is 2.05. The van der Waals surface area contributed by atoms with E-state index in [0.29, 0.717) is 0 Å². The molecule has 70 valence electrons. The van der Waals surface area contributed by atoms with E-state index in [0.717, 1.165) is 12.2 Å². The molecule has 0 aromatic carbocycles. The molecule has 0 aliphatic carbocycles. The summed E-state index contributed by atoms with van der Waals surface area (Å²) >= 11 is 0. The first-order valence-corrected chi connectivity index (χ1v) is 4.69. The number of rotatable bonds is 3. The van der Waals surface area contributed by atoms with E-state index in [-0.39, 0.29) is 0 Å². The summed E-state index contributed by atoms with van der Waals surface area (Å²) in [5.74, 6) is 0.956. The van der Waals surface area contributed by atoms with Crippen LogP contribution in [0.5, 0.6) is 0 Å². The maximum atomic E-state index is 5.44. The second-order valence-electron chi connectivity index (χ2n) is 2.89. The summed E-state index contributed by atoms with van der Waals surface area (Å²) in [5, 5.41) is 0. The summed E-state index contributed by atoms with van der Waals surface area (Å²) in [6.45, 7) is 6.15. The average molecular weight is 176 g/mol. The van der Waals surface area contributed by atoms with Crippen LogP contribution in [0.4, 0.5) is 0 Å². The van der Waals surface area contributed by atoms with Gasteiger partial charge in [-0.2, -0.15) is 0 Å². The molecule has 0 atom stereocenters. The number of aryl methyl sites for hydroxylation is 1. The summed E-state index contributed by atoms with van der Waals surface area (Å²) in [4.78, 5) is 0. The Balaban J connectivity index is 3.13. The predicted molar refractivity (Wildman–Crippen MR) is 57.5 cm³/mol. The van der Waals surface area contributed by atoms with Crippen molar-refractivity contribution in [2.45, 2.75) is 27.2 Å². The molecule has 1 aromatic rings. The van der Waals surface area contributed by atoms with E-state index in [1.54, 1.807) is 0 Å². The molecule has 1 rings (SSSR count). The predicted octanol–water partition coefficient (Wildman–Crippen LogP) is 3.91. The lowest BCUT2D eigenvalue weighted by molar-refractivity contribution is 0.553. The number of allylic oxidation sites excluding steroid dienone is 2. The first kappa shape index (κ1) is 9.85. The number of hydrogen-bond acceptors (Lipinski definition) is 1. The lowest BCUT2D eigenvalue weighted by Crippen LogP contribution is -1.80. The summed E-state index contributed by atoms with van der Waals surface area (Å²) in [6.07, 6.45) is 11.0. The highest BCUT2D eigenvalue weighted by molar-refractivity contribution is 5.64. The smallest absolute Gasteiger partial charge is 0.133 e. The second kappa shape index (κ2) is 4.70. The number of hydrogen-bond donors (Lipinski definition) is 0. The van der Waals surface area contributed by atoms with E-state index < -0.39 is 0 Å². The van der Waals surface area contributed by atoms with Crippen LogP contribution in [0.15, 0.2) is 22.8 Å². The van der Waals surface area contributed by atoms with Crippen LogP contribution in [-0.4, -0.2) is 0 Å². The molecule has 0 amide bonds. The molecule has 1 heterocycles. The van der Waals surface area contributed by atoms with Crippen molar-refractivity contribution < 1.29 is 4.42 Å². The Morgan fingerprint density at radius 2 is 1.92 bits per heavy atom. The molecular formula is C12H16O. The molecule has 1 heteroatoms. The fraction of sp³-hybridized carbons (Fsp3) is 0.333. The van der Waals surface area contributed by atoms with Gasteiger partial charge < -0.3 is 4.42 Å². The Morgan fingerprint density at radius 1 is 1.23 bits per heavy atom. The Hall–Kier alpha value is -1.24. The minimum Gasteiger partial charge on any atom is -0.464 e. The van der Waals surface area contributed by atoms with Crippen LogP contribution in [-0.2, 0) is 6.42 Å². The maximum absolute atomic E-state index is 5.44. The van der Waals surface area contributed by atoms with Gasteiger partial charge in [-0.05, 0) is 31.9 Å². The van der Waals surface area contributed by atoms with Gasteiger partial charge in [-0.1, -0.05) is 25.2 Å². The first-order chi connectivity index (χ1) is 6.33. The lowest BCUT2D eigenvalue weighted by atomic mass is 10.1. The summed E-state index contributed by atoms with van der Waals surface area (Å²) < 4.78 is 5.44. The van der Waals surface area contributed by atoms with Gasteiger partial charge >= 0.3 is 0 Å². The summed E-state index contributed by atoms with van der Waals surface area (Å²) in [5.41, 5.74) is 2.48. The maximum Gasteiger partial charge on any atom is 0.133 e. The quantitative estimate of drug-likeness (QED) is 0.680. The minimum atomic E-state index is 0.956. The summed E-state index contributed by atoms with van der Waals surface area (Å²) in [6, 6.07) is 0. The molecule has 0 aliphatic heterocycles. The standard InChI is InChI=1S/C12H16O/c1-4-7-11-10(6-3)9-13-12(11)8-5-2/h4-5,7-9H,6H2,1-3H3/b7-4-,8-5-. The second-order valence-corrected chi connectivity index (χ2v) is 2.89. The fourth-order valence-electron chi connectivity index (χ4n) is 1.33. The van der Waals surface area contributed by atoms with Gasteiger partial charge in [0.15, 0.2) is 0 Å². The molecule has 0 N–H and O–H groups in total.